The van der Waals surface area contributed by atoms with Gasteiger partial charge in [-0.3, -0.25) is 9.59 Å². The van der Waals surface area contributed by atoms with Crippen LogP contribution in [0.25, 0.3) is 11.5 Å². The number of furan rings is 1. The van der Waals surface area contributed by atoms with Crippen LogP contribution < -0.4 is 10.6 Å². The average Bonchev–Trinajstić information content (AvgIpc) is 3.46. The van der Waals surface area contributed by atoms with Gasteiger partial charge >= 0.3 is 0 Å². The number of amides is 2. The molecular weight excluding hydrogens is 428 g/mol. The fraction of sp³-hybridized carbons (Fsp3) is 0.130. The van der Waals surface area contributed by atoms with Crippen LogP contribution in [0.15, 0.2) is 81.0 Å². The number of benzene rings is 2. The van der Waals surface area contributed by atoms with Gasteiger partial charge in [0.25, 0.3) is 17.0 Å². The van der Waals surface area contributed by atoms with Gasteiger partial charge in [0, 0.05) is 6.54 Å². The molecule has 2 aromatic heterocycles. The molecule has 9 heteroatoms. The van der Waals surface area contributed by atoms with Crippen LogP contribution >= 0.6 is 11.8 Å². The first-order valence-corrected chi connectivity index (χ1v) is 10.8. The van der Waals surface area contributed by atoms with Crippen molar-refractivity contribution < 1.29 is 18.4 Å². The minimum absolute atomic E-state index is 0.0476. The SMILES string of the molecule is Cc1occc1-c1nnc(SCC(=O)Nc2ccccc2C(=O)NCc2ccccc2)o1. The van der Waals surface area contributed by atoms with E-state index >= 15 is 0 Å². The molecular formula is C23H20N4O4S. The third kappa shape index (κ3) is 5.25. The summed E-state index contributed by atoms with van der Waals surface area (Å²) in [5.41, 5.74) is 2.52. The van der Waals surface area contributed by atoms with Crippen molar-refractivity contribution in [1.82, 2.24) is 15.5 Å². The quantitative estimate of drug-likeness (QED) is 0.387. The van der Waals surface area contributed by atoms with Gasteiger partial charge < -0.3 is 19.5 Å². The Labute approximate surface area is 188 Å². The monoisotopic (exact) mass is 448 g/mol. The number of aromatic nitrogens is 2. The van der Waals surface area contributed by atoms with E-state index in [4.69, 9.17) is 8.83 Å². The molecule has 0 aliphatic rings. The number of hydrogen-bond donors (Lipinski definition) is 2. The Morgan fingerprint density at radius 3 is 2.56 bits per heavy atom. The van der Waals surface area contributed by atoms with Crippen LogP contribution in [0, 0.1) is 6.92 Å². The summed E-state index contributed by atoms with van der Waals surface area (Å²) in [6, 6.07) is 18.2. The molecule has 0 spiro atoms. The Hall–Kier alpha value is -3.85. The number of thioether (sulfide) groups is 1. The summed E-state index contributed by atoms with van der Waals surface area (Å²) >= 11 is 1.11. The van der Waals surface area contributed by atoms with Crippen molar-refractivity contribution >= 4 is 29.3 Å². The topological polar surface area (TPSA) is 110 Å². The van der Waals surface area contributed by atoms with Gasteiger partial charge in [0.05, 0.1) is 28.8 Å². The summed E-state index contributed by atoms with van der Waals surface area (Å²) in [5, 5.41) is 13.9. The number of nitrogens with one attached hydrogen (secondary N) is 2. The third-order valence-electron chi connectivity index (χ3n) is 4.56. The first-order chi connectivity index (χ1) is 15.6. The van der Waals surface area contributed by atoms with Gasteiger partial charge in [0.2, 0.25) is 5.91 Å². The number of para-hydroxylation sites is 1. The normalized spacial score (nSPS) is 10.7. The maximum Gasteiger partial charge on any atom is 0.277 e. The van der Waals surface area contributed by atoms with Gasteiger partial charge in [-0.2, -0.15) is 0 Å². The largest absolute Gasteiger partial charge is 0.469 e. The van der Waals surface area contributed by atoms with Crippen LogP contribution in [0.4, 0.5) is 5.69 Å². The van der Waals surface area contributed by atoms with Crippen LogP contribution in [-0.4, -0.2) is 27.8 Å². The number of carbonyl (C=O) groups is 2. The summed E-state index contributed by atoms with van der Waals surface area (Å²) < 4.78 is 10.8. The molecule has 8 nitrogen and oxygen atoms in total. The molecule has 4 rings (SSSR count). The smallest absolute Gasteiger partial charge is 0.277 e. The summed E-state index contributed by atoms with van der Waals surface area (Å²) in [5.74, 6) is 0.489. The maximum atomic E-state index is 12.6. The van der Waals surface area contributed by atoms with Crippen LogP contribution in [0.2, 0.25) is 0 Å². The zero-order valence-corrected chi connectivity index (χ0v) is 18.0. The summed E-state index contributed by atoms with van der Waals surface area (Å²) in [6.45, 7) is 2.20. The summed E-state index contributed by atoms with van der Waals surface area (Å²) in [7, 11) is 0. The van der Waals surface area contributed by atoms with E-state index in [1.807, 2.05) is 30.3 Å². The second-order valence-corrected chi connectivity index (χ2v) is 7.74. The first-order valence-electron chi connectivity index (χ1n) is 9.82. The van der Waals surface area contributed by atoms with E-state index in [1.54, 1.807) is 43.5 Å². The molecule has 0 radical (unpaired) electrons. The minimum atomic E-state index is -0.294. The second kappa shape index (κ2) is 9.97. The highest BCUT2D eigenvalue weighted by Crippen LogP contribution is 2.26. The van der Waals surface area contributed by atoms with Crippen LogP contribution in [0.3, 0.4) is 0 Å². The second-order valence-electron chi connectivity index (χ2n) is 6.81. The minimum Gasteiger partial charge on any atom is -0.469 e. The summed E-state index contributed by atoms with van der Waals surface area (Å²) in [4.78, 5) is 25.1. The van der Waals surface area contributed by atoms with E-state index < -0.39 is 0 Å². The number of nitrogens with zero attached hydrogens (tertiary/aromatic N) is 2. The van der Waals surface area contributed by atoms with Gasteiger partial charge in [0.1, 0.15) is 5.76 Å². The standard InChI is InChI=1S/C23H20N4O4S/c1-15-17(11-12-30-15)22-26-27-23(31-22)32-14-20(28)25-19-10-6-5-9-18(19)21(29)24-13-16-7-3-2-4-8-16/h2-12H,13-14H2,1H3,(H,24,29)(H,25,28). The Morgan fingerprint density at radius 2 is 1.78 bits per heavy atom. The van der Waals surface area contributed by atoms with Crippen molar-refractivity contribution in [2.24, 2.45) is 0 Å². The molecule has 32 heavy (non-hydrogen) atoms. The predicted molar refractivity (Wildman–Crippen MR) is 120 cm³/mol. The van der Waals surface area contributed by atoms with E-state index in [0.717, 1.165) is 17.3 Å². The highest BCUT2D eigenvalue weighted by atomic mass is 32.2. The highest BCUT2D eigenvalue weighted by Gasteiger charge is 2.16. The Balaban J connectivity index is 1.34. The van der Waals surface area contributed by atoms with E-state index in [-0.39, 0.29) is 22.8 Å². The van der Waals surface area contributed by atoms with E-state index in [2.05, 4.69) is 20.8 Å². The number of aryl methyl sites for hydroxylation is 1. The molecule has 0 atom stereocenters. The molecule has 0 saturated heterocycles. The van der Waals surface area contributed by atoms with Crippen molar-refractivity contribution in [3.8, 4) is 11.5 Å². The first kappa shape index (κ1) is 21.4. The van der Waals surface area contributed by atoms with E-state index in [9.17, 15) is 9.59 Å². The molecule has 2 amide bonds. The number of hydrogen-bond acceptors (Lipinski definition) is 7. The zero-order valence-electron chi connectivity index (χ0n) is 17.2. The average molecular weight is 449 g/mol. The lowest BCUT2D eigenvalue weighted by atomic mass is 10.1. The van der Waals surface area contributed by atoms with Crippen molar-refractivity contribution in [3.05, 3.63) is 83.8 Å². The van der Waals surface area contributed by atoms with Crippen molar-refractivity contribution in [2.45, 2.75) is 18.7 Å². The van der Waals surface area contributed by atoms with Gasteiger partial charge in [0.15, 0.2) is 0 Å². The predicted octanol–water partition coefficient (Wildman–Crippen LogP) is 4.30. The Morgan fingerprint density at radius 1 is 1.00 bits per heavy atom. The Bertz CT molecular complexity index is 1220. The zero-order chi connectivity index (χ0) is 22.3. The maximum absolute atomic E-state index is 12.6. The fourth-order valence-corrected chi connectivity index (χ4v) is 3.52. The number of carbonyl (C=O) groups excluding carboxylic acids is 2. The molecule has 0 saturated carbocycles. The van der Waals surface area contributed by atoms with Gasteiger partial charge in [-0.25, -0.2) is 0 Å². The molecule has 0 unspecified atom stereocenters. The van der Waals surface area contributed by atoms with E-state index in [0.29, 0.717) is 35.0 Å². The molecule has 2 heterocycles. The lowest BCUT2D eigenvalue weighted by molar-refractivity contribution is -0.113. The molecule has 0 aliphatic heterocycles. The fourth-order valence-electron chi connectivity index (χ4n) is 2.96. The van der Waals surface area contributed by atoms with Gasteiger partial charge in [-0.1, -0.05) is 54.2 Å². The highest BCUT2D eigenvalue weighted by molar-refractivity contribution is 7.99. The molecule has 0 fully saturated rings. The molecule has 2 aromatic carbocycles. The molecule has 162 valence electrons. The summed E-state index contributed by atoms with van der Waals surface area (Å²) in [6.07, 6.45) is 1.54. The molecule has 4 aromatic rings. The lowest BCUT2D eigenvalue weighted by Gasteiger charge is -2.11. The van der Waals surface area contributed by atoms with Crippen molar-refractivity contribution in [3.63, 3.8) is 0 Å². The lowest BCUT2D eigenvalue weighted by Crippen LogP contribution is -2.25. The van der Waals surface area contributed by atoms with Crippen molar-refractivity contribution in [2.75, 3.05) is 11.1 Å². The van der Waals surface area contributed by atoms with Gasteiger partial charge in [-0.15, -0.1) is 10.2 Å². The van der Waals surface area contributed by atoms with Crippen molar-refractivity contribution in [1.29, 1.82) is 0 Å². The van der Waals surface area contributed by atoms with E-state index in [1.165, 1.54) is 0 Å². The number of rotatable bonds is 8. The Kier molecular flexibility index (Phi) is 6.66. The number of anilines is 1. The third-order valence-corrected chi connectivity index (χ3v) is 5.38. The van der Waals surface area contributed by atoms with Gasteiger partial charge in [-0.05, 0) is 30.7 Å². The van der Waals surface area contributed by atoms with Crippen LogP contribution in [0.1, 0.15) is 21.7 Å². The molecule has 0 bridgehead atoms. The molecule has 0 aliphatic carbocycles. The van der Waals surface area contributed by atoms with Crippen LogP contribution in [-0.2, 0) is 11.3 Å². The molecule has 2 N–H and O–H groups in total. The van der Waals surface area contributed by atoms with Crippen LogP contribution in [0.5, 0.6) is 0 Å².